The van der Waals surface area contributed by atoms with Crippen LogP contribution in [0.1, 0.15) is 93.8 Å². The number of hydrogen-bond donors (Lipinski definition) is 3. The Labute approximate surface area is 303 Å². The summed E-state index contributed by atoms with van der Waals surface area (Å²) in [6.07, 6.45) is 6.55. The lowest BCUT2D eigenvalue weighted by molar-refractivity contribution is 0.0914. The van der Waals surface area contributed by atoms with E-state index in [-0.39, 0.29) is 11.2 Å². The number of thiol groups is 1. The minimum absolute atomic E-state index is 0.149. The van der Waals surface area contributed by atoms with Crippen LogP contribution in [-0.4, -0.2) is 35.6 Å². The minimum atomic E-state index is -0.149. The summed E-state index contributed by atoms with van der Waals surface area (Å²) in [4.78, 5) is 19.9. The molecule has 7 rings (SSSR count). The highest BCUT2D eigenvalue weighted by Crippen LogP contribution is 2.49. The van der Waals surface area contributed by atoms with Crippen molar-refractivity contribution in [1.29, 1.82) is 0 Å². The van der Waals surface area contributed by atoms with Crippen molar-refractivity contribution in [3.05, 3.63) is 75.5 Å². The summed E-state index contributed by atoms with van der Waals surface area (Å²) in [6, 6.07) is 16.2. The molecule has 48 heavy (non-hydrogen) atoms. The molecule has 2 aromatic heterocycles. The molecule has 2 aliphatic rings. The highest BCUT2D eigenvalue weighted by atomic mass is 35.5. The molecule has 0 aliphatic heterocycles. The van der Waals surface area contributed by atoms with E-state index in [1.165, 1.54) is 12.8 Å². The van der Waals surface area contributed by atoms with Gasteiger partial charge in [-0.25, -0.2) is 4.98 Å². The maximum Gasteiger partial charge on any atom is 0.186 e. The molecule has 2 aliphatic carbocycles. The molecule has 11 heteroatoms. The second kappa shape index (κ2) is 15.9. The second-order valence-electron chi connectivity index (χ2n) is 12.9. The molecule has 2 fully saturated rings. The van der Waals surface area contributed by atoms with Crippen LogP contribution in [0.25, 0.3) is 32.2 Å². The maximum atomic E-state index is 13.0. The number of nitrogens with zero attached hydrogens (tertiary/aromatic N) is 3. The summed E-state index contributed by atoms with van der Waals surface area (Å²) in [5.41, 5.74) is 4.38. The lowest BCUT2D eigenvalue weighted by atomic mass is 9.92. The van der Waals surface area contributed by atoms with E-state index in [2.05, 4.69) is 86.3 Å². The van der Waals surface area contributed by atoms with Crippen molar-refractivity contribution >= 4 is 79.3 Å². The van der Waals surface area contributed by atoms with Gasteiger partial charge in [0.05, 0.1) is 20.3 Å². The Morgan fingerprint density at radius 1 is 1.08 bits per heavy atom. The van der Waals surface area contributed by atoms with Crippen LogP contribution in [0.5, 0.6) is 0 Å². The summed E-state index contributed by atoms with van der Waals surface area (Å²) in [6.45, 7) is 10.2. The quantitative estimate of drug-likeness (QED) is 0.0921. The van der Waals surface area contributed by atoms with Gasteiger partial charge in [0.2, 0.25) is 0 Å². The molecular formula is C37H45Cl2N5O2S2. The molecule has 0 bridgehead atoms. The third-order valence-corrected chi connectivity index (χ3v) is 11.2. The SMILES string of the molecule is CCC(CC)NCc1c(-c2c(Cl)cccc2Cl)noc1C1CC1.CCN(C)c1nc2c(cc(C(=O)C3(C)CC3)c3ccccc32)s1.NS. The first kappa shape index (κ1) is 36.6. The van der Waals surface area contributed by atoms with Crippen LogP contribution in [-0.2, 0) is 6.54 Å². The lowest BCUT2D eigenvalue weighted by Gasteiger charge is -2.15. The molecule has 256 valence electrons. The number of anilines is 1. The van der Waals surface area contributed by atoms with E-state index in [9.17, 15) is 4.79 Å². The van der Waals surface area contributed by atoms with Crippen LogP contribution >= 0.6 is 47.4 Å². The zero-order valence-corrected chi connectivity index (χ0v) is 31.5. The van der Waals surface area contributed by atoms with Crippen molar-refractivity contribution in [3.63, 3.8) is 0 Å². The number of thiazole rings is 1. The van der Waals surface area contributed by atoms with Gasteiger partial charge in [-0.3, -0.25) is 9.93 Å². The van der Waals surface area contributed by atoms with Gasteiger partial charge >= 0.3 is 0 Å². The summed E-state index contributed by atoms with van der Waals surface area (Å²) in [5, 5.41) is 16.5. The van der Waals surface area contributed by atoms with Crippen LogP contribution in [0.4, 0.5) is 5.13 Å². The Morgan fingerprint density at radius 2 is 1.73 bits per heavy atom. The van der Waals surface area contributed by atoms with E-state index in [4.69, 9.17) is 32.7 Å². The Kier molecular flexibility index (Phi) is 12.1. The third-order valence-electron chi connectivity index (χ3n) is 9.50. The molecule has 2 saturated carbocycles. The number of benzene rings is 3. The number of nitrogens with one attached hydrogen (secondary N) is 1. The Morgan fingerprint density at radius 3 is 2.31 bits per heavy atom. The van der Waals surface area contributed by atoms with Gasteiger partial charge in [0.15, 0.2) is 10.9 Å². The van der Waals surface area contributed by atoms with E-state index in [0.29, 0.717) is 22.0 Å². The molecule has 0 amide bonds. The predicted molar refractivity (Wildman–Crippen MR) is 206 cm³/mol. The average Bonchev–Trinajstić information content (AvgIpc) is 4.01. The number of aromatic nitrogens is 2. The summed E-state index contributed by atoms with van der Waals surface area (Å²) >= 11 is 17.4. The molecule has 3 N–H and O–H groups in total. The highest BCUT2D eigenvalue weighted by molar-refractivity contribution is 7.77. The fraction of sp³-hybridized carbons (Fsp3) is 0.432. The van der Waals surface area contributed by atoms with Crippen LogP contribution in [0, 0.1) is 5.41 Å². The van der Waals surface area contributed by atoms with E-state index < -0.39 is 0 Å². The van der Waals surface area contributed by atoms with Gasteiger partial charge in [0, 0.05) is 59.6 Å². The number of Topliss-reactive ketones (excluding diaryl/α,β-unsaturated/α-hetero) is 1. The van der Waals surface area contributed by atoms with Gasteiger partial charge in [-0.1, -0.05) is 90.8 Å². The van der Waals surface area contributed by atoms with E-state index >= 15 is 0 Å². The van der Waals surface area contributed by atoms with E-state index in [1.54, 1.807) is 11.3 Å². The average molecular weight is 727 g/mol. The molecule has 0 saturated heterocycles. The van der Waals surface area contributed by atoms with Gasteiger partial charge in [0.25, 0.3) is 0 Å². The summed E-state index contributed by atoms with van der Waals surface area (Å²) < 4.78 is 6.78. The van der Waals surface area contributed by atoms with Crippen LogP contribution in [0.3, 0.4) is 0 Å². The van der Waals surface area contributed by atoms with Crippen LogP contribution in [0.2, 0.25) is 10.0 Å². The maximum absolute atomic E-state index is 13.0. The third kappa shape index (κ3) is 7.72. The van der Waals surface area contributed by atoms with Gasteiger partial charge in [-0.2, -0.15) is 0 Å². The topological polar surface area (TPSA) is 97.3 Å². The number of halogens is 2. The Bertz CT molecular complexity index is 1860. The molecule has 2 heterocycles. The van der Waals surface area contributed by atoms with E-state index in [0.717, 1.165) is 93.0 Å². The summed E-state index contributed by atoms with van der Waals surface area (Å²) in [5.74, 6) is 1.78. The fourth-order valence-corrected chi connectivity index (χ4v) is 7.50. The summed E-state index contributed by atoms with van der Waals surface area (Å²) in [7, 11) is 2.05. The van der Waals surface area contributed by atoms with Crippen molar-refractivity contribution in [1.82, 2.24) is 15.5 Å². The zero-order chi connectivity index (χ0) is 34.6. The van der Waals surface area contributed by atoms with Gasteiger partial charge in [-0.05, 0) is 69.0 Å². The van der Waals surface area contributed by atoms with Crippen LogP contribution < -0.4 is 15.4 Å². The monoisotopic (exact) mass is 725 g/mol. The number of carbonyl (C=O) groups is 1. The molecule has 7 nitrogen and oxygen atoms in total. The number of carbonyl (C=O) groups excluding carboxylic acids is 1. The number of hydrogen-bond acceptors (Lipinski definition) is 9. The predicted octanol–water partition coefficient (Wildman–Crippen LogP) is 10.5. The molecular weight excluding hydrogens is 681 g/mol. The first-order chi connectivity index (χ1) is 23.2. The van der Waals surface area contributed by atoms with Gasteiger partial charge < -0.3 is 14.7 Å². The first-order valence-electron chi connectivity index (χ1n) is 16.7. The van der Waals surface area contributed by atoms with E-state index in [1.807, 2.05) is 30.3 Å². The highest BCUT2D eigenvalue weighted by Gasteiger charge is 2.45. The molecule has 0 spiro atoms. The minimum Gasteiger partial charge on any atom is -0.360 e. The molecule has 0 atom stereocenters. The normalized spacial score (nSPS) is 14.8. The van der Waals surface area contributed by atoms with Gasteiger partial charge in [-0.15, -0.1) is 12.8 Å². The number of nitrogens with two attached hydrogens (primary N) is 1. The number of fused-ring (bicyclic) bond motifs is 3. The molecule has 5 aromatic rings. The Balaban J connectivity index is 0.000000179. The Hall–Kier alpha value is -2.66. The number of ketones is 1. The van der Waals surface area contributed by atoms with Crippen LogP contribution in [0.15, 0.2) is 53.1 Å². The van der Waals surface area contributed by atoms with Gasteiger partial charge in [0.1, 0.15) is 11.5 Å². The lowest BCUT2D eigenvalue weighted by Crippen LogP contribution is -2.27. The largest absolute Gasteiger partial charge is 0.360 e. The second-order valence-corrected chi connectivity index (χ2v) is 14.7. The van der Waals surface area contributed by atoms with Crippen molar-refractivity contribution in [2.45, 2.75) is 84.7 Å². The molecule has 0 unspecified atom stereocenters. The molecule has 0 radical (unpaired) electrons. The molecule has 3 aromatic carbocycles. The van der Waals surface area contributed by atoms with Crippen molar-refractivity contribution < 1.29 is 9.32 Å². The first-order valence-corrected chi connectivity index (χ1v) is 18.8. The number of rotatable bonds is 11. The smallest absolute Gasteiger partial charge is 0.186 e. The van der Waals surface area contributed by atoms with Crippen molar-refractivity contribution in [3.8, 4) is 11.3 Å². The zero-order valence-electron chi connectivity index (χ0n) is 28.3. The van der Waals surface area contributed by atoms with Crippen molar-refractivity contribution in [2.24, 2.45) is 10.6 Å². The van der Waals surface area contributed by atoms with Crippen molar-refractivity contribution in [2.75, 3.05) is 18.5 Å². The fourth-order valence-electron chi connectivity index (χ4n) is 5.87. The standard InChI is InChI=1S/C19H20N2OS.C18H22Cl2N2O.H3NS/c1-4-21(3)18-20-16-13-8-6-5-7-12(13)14(11-15(16)23-18)17(22)19(2)9-10-19;1-3-12(4-2)21-10-13-17(22-23-18(13)11-8-9-11)16-14(19)6-5-7-15(16)20;1-2/h5-8,11H,4,9-10H2,1-3H3;5-7,11-12,21H,3-4,8-10H2,1-2H3;2H,1H2.